The zero-order valence-electron chi connectivity index (χ0n) is 20.3. The second-order valence-corrected chi connectivity index (χ2v) is 7.87. The molecular formula is C23H27F2N3O2. The molecule has 0 spiro atoms. The lowest BCUT2D eigenvalue weighted by Crippen LogP contribution is -2.35. The summed E-state index contributed by atoms with van der Waals surface area (Å²) in [5.41, 5.74) is 6.99. The van der Waals surface area contributed by atoms with Gasteiger partial charge in [-0.15, -0.1) is 0 Å². The van der Waals surface area contributed by atoms with Crippen molar-refractivity contribution >= 4 is 11.3 Å². The Bertz CT molecular complexity index is 1170. The smallest absolute Gasteiger partial charge is 0.215 e. The van der Waals surface area contributed by atoms with E-state index in [0.717, 1.165) is 17.7 Å². The van der Waals surface area contributed by atoms with Crippen molar-refractivity contribution in [3.8, 4) is 5.88 Å². The van der Waals surface area contributed by atoms with Gasteiger partial charge in [0, 0.05) is 22.1 Å². The molecule has 0 aliphatic heterocycles. The molecule has 0 aliphatic carbocycles. The molecular weight excluding hydrogens is 388 g/mol. The maximum atomic E-state index is 14.0. The largest absolute Gasteiger partial charge is 0.473 e. The highest BCUT2D eigenvalue weighted by atomic mass is 19.1. The van der Waals surface area contributed by atoms with E-state index in [9.17, 15) is 13.6 Å². The number of nitrogens with two attached hydrogens (primary N) is 1. The maximum Gasteiger partial charge on any atom is 0.215 e. The van der Waals surface area contributed by atoms with E-state index in [1.54, 1.807) is 32.9 Å². The van der Waals surface area contributed by atoms with Gasteiger partial charge in [0.25, 0.3) is 0 Å². The molecule has 3 aromatic rings. The van der Waals surface area contributed by atoms with Crippen LogP contribution in [0.3, 0.4) is 0 Å². The standard InChI is InChI=1S/C23H27F2N3O2/c1-5-23(4,26)10-9-20(29)22-15(3)27-28-19(22)11-14(2)12-21(28)30-13-16-17(24)7-6-8-18(16)25/h6-8,11-12H,5,9-10,13,26H2,1-4H3/i1D3. The summed E-state index contributed by atoms with van der Waals surface area (Å²) in [5, 5.41) is 4.40. The second-order valence-electron chi connectivity index (χ2n) is 7.87. The van der Waals surface area contributed by atoms with Gasteiger partial charge in [-0.3, -0.25) is 4.79 Å². The van der Waals surface area contributed by atoms with Gasteiger partial charge < -0.3 is 10.5 Å². The monoisotopic (exact) mass is 418 g/mol. The van der Waals surface area contributed by atoms with Gasteiger partial charge in [0.05, 0.1) is 22.3 Å². The number of nitrogens with zero attached hydrogens (tertiary/aromatic N) is 2. The lowest BCUT2D eigenvalue weighted by atomic mass is 9.91. The first-order valence-corrected chi connectivity index (χ1v) is 9.65. The first-order valence-electron chi connectivity index (χ1n) is 11.2. The molecule has 0 bridgehead atoms. The summed E-state index contributed by atoms with van der Waals surface area (Å²) in [7, 11) is 0. The van der Waals surface area contributed by atoms with Crippen LogP contribution in [0.2, 0.25) is 0 Å². The average molecular weight is 419 g/mol. The van der Waals surface area contributed by atoms with Crippen molar-refractivity contribution in [1.29, 1.82) is 0 Å². The Morgan fingerprint density at radius 2 is 2.00 bits per heavy atom. The molecule has 0 radical (unpaired) electrons. The van der Waals surface area contributed by atoms with Gasteiger partial charge >= 0.3 is 0 Å². The van der Waals surface area contributed by atoms with E-state index in [1.165, 1.54) is 10.6 Å². The summed E-state index contributed by atoms with van der Waals surface area (Å²) < 4.78 is 57.3. The lowest BCUT2D eigenvalue weighted by Gasteiger charge is -2.21. The number of rotatable bonds is 8. The van der Waals surface area contributed by atoms with Crippen molar-refractivity contribution in [2.24, 2.45) is 5.73 Å². The number of fused-ring (bicyclic) bond motifs is 1. The summed E-state index contributed by atoms with van der Waals surface area (Å²) in [5.74, 6) is -1.41. The minimum absolute atomic E-state index is 0.0514. The number of hydrogen-bond donors (Lipinski definition) is 1. The number of aromatic nitrogens is 2. The zero-order valence-corrected chi connectivity index (χ0v) is 17.3. The molecule has 0 saturated heterocycles. The Hall–Kier alpha value is -2.80. The SMILES string of the molecule is [2H]C([2H])([2H])CC(C)(N)CCC(=O)c1c(C)nn2c(OCc3c(F)cccc3F)cc(C)cc12. The van der Waals surface area contributed by atoms with Crippen molar-refractivity contribution in [2.45, 2.75) is 59.0 Å². The number of aryl methyl sites for hydroxylation is 2. The van der Waals surface area contributed by atoms with Crippen LogP contribution in [0.4, 0.5) is 8.78 Å². The number of ketones is 1. The fraction of sp³-hybridized carbons (Fsp3) is 0.391. The number of halogens is 2. The van der Waals surface area contributed by atoms with E-state index in [2.05, 4.69) is 5.10 Å². The van der Waals surface area contributed by atoms with Crippen LogP contribution in [-0.2, 0) is 6.61 Å². The molecule has 3 rings (SSSR count). The maximum absolute atomic E-state index is 14.0. The van der Waals surface area contributed by atoms with Crippen LogP contribution in [-0.4, -0.2) is 20.9 Å². The van der Waals surface area contributed by atoms with Crippen molar-refractivity contribution in [3.05, 3.63) is 64.4 Å². The lowest BCUT2D eigenvalue weighted by molar-refractivity contribution is 0.0972. The van der Waals surface area contributed by atoms with Crippen LogP contribution in [0.15, 0.2) is 30.3 Å². The zero-order chi connectivity index (χ0) is 24.6. The Morgan fingerprint density at radius 1 is 1.30 bits per heavy atom. The van der Waals surface area contributed by atoms with Crippen molar-refractivity contribution in [2.75, 3.05) is 0 Å². The van der Waals surface area contributed by atoms with Crippen molar-refractivity contribution < 1.29 is 22.4 Å². The highest BCUT2D eigenvalue weighted by Crippen LogP contribution is 2.26. The molecule has 5 nitrogen and oxygen atoms in total. The van der Waals surface area contributed by atoms with Crippen LogP contribution < -0.4 is 10.5 Å². The fourth-order valence-corrected chi connectivity index (χ4v) is 3.24. The van der Waals surface area contributed by atoms with Gasteiger partial charge in [0.15, 0.2) is 5.78 Å². The Morgan fingerprint density at radius 3 is 2.67 bits per heavy atom. The molecule has 160 valence electrons. The Kier molecular flexibility index (Phi) is 5.11. The van der Waals surface area contributed by atoms with E-state index in [-0.39, 0.29) is 43.1 Å². The van der Waals surface area contributed by atoms with Crippen LogP contribution in [0.25, 0.3) is 5.52 Å². The molecule has 1 atom stereocenters. The minimum Gasteiger partial charge on any atom is -0.473 e. The summed E-state index contributed by atoms with van der Waals surface area (Å²) in [4.78, 5) is 13.1. The van der Waals surface area contributed by atoms with Crippen LogP contribution in [0.1, 0.15) is 64.3 Å². The predicted octanol–water partition coefficient (Wildman–Crippen LogP) is 4.90. The van der Waals surface area contributed by atoms with Gasteiger partial charge in [-0.25, -0.2) is 13.3 Å². The molecule has 2 aromatic heterocycles. The first-order chi connectivity index (χ1) is 15.3. The van der Waals surface area contributed by atoms with E-state index in [1.807, 2.05) is 0 Å². The summed E-state index contributed by atoms with van der Waals surface area (Å²) in [6, 6.07) is 7.02. The molecule has 1 aromatic carbocycles. The molecule has 2 N–H and O–H groups in total. The van der Waals surface area contributed by atoms with Crippen LogP contribution in [0, 0.1) is 25.5 Å². The third-order valence-electron chi connectivity index (χ3n) is 5.05. The van der Waals surface area contributed by atoms with E-state index >= 15 is 0 Å². The number of carbonyl (C=O) groups is 1. The summed E-state index contributed by atoms with van der Waals surface area (Å²) in [6.07, 6.45) is 0.0449. The summed E-state index contributed by atoms with van der Waals surface area (Å²) in [6.45, 7) is 2.57. The molecule has 0 amide bonds. The number of Topliss-reactive ketones (excluding diaryl/α,β-unsaturated/α-hetero) is 1. The molecule has 2 heterocycles. The number of pyridine rings is 1. The van der Waals surface area contributed by atoms with Crippen LogP contribution in [0.5, 0.6) is 5.88 Å². The minimum atomic E-state index is -2.19. The normalized spacial score (nSPS) is 15.3. The van der Waals surface area contributed by atoms with E-state index in [4.69, 9.17) is 14.6 Å². The van der Waals surface area contributed by atoms with Crippen molar-refractivity contribution in [1.82, 2.24) is 9.61 Å². The highest BCUT2D eigenvalue weighted by molar-refractivity contribution is 6.03. The first kappa shape index (κ1) is 18.0. The predicted molar refractivity (Wildman–Crippen MR) is 112 cm³/mol. The Balaban J connectivity index is 1.87. The fourth-order valence-electron chi connectivity index (χ4n) is 3.24. The van der Waals surface area contributed by atoms with Crippen molar-refractivity contribution in [3.63, 3.8) is 0 Å². The van der Waals surface area contributed by atoms with E-state index < -0.39 is 24.0 Å². The van der Waals surface area contributed by atoms with E-state index in [0.29, 0.717) is 16.8 Å². The number of hydrogen-bond acceptors (Lipinski definition) is 4. The third kappa shape index (κ3) is 4.51. The molecule has 7 heteroatoms. The van der Waals surface area contributed by atoms with Gasteiger partial charge in [-0.05, 0) is 57.4 Å². The molecule has 0 fully saturated rings. The highest BCUT2D eigenvalue weighted by Gasteiger charge is 2.23. The van der Waals surface area contributed by atoms with Gasteiger partial charge in [-0.2, -0.15) is 5.10 Å². The second kappa shape index (κ2) is 8.52. The van der Waals surface area contributed by atoms with Gasteiger partial charge in [0.2, 0.25) is 5.88 Å². The van der Waals surface area contributed by atoms with Gasteiger partial charge in [-0.1, -0.05) is 12.9 Å². The third-order valence-corrected chi connectivity index (χ3v) is 5.05. The average Bonchev–Trinajstić information content (AvgIpc) is 2.99. The Labute approximate surface area is 179 Å². The topological polar surface area (TPSA) is 69.6 Å². The number of benzene rings is 1. The molecule has 0 saturated carbocycles. The van der Waals surface area contributed by atoms with Crippen LogP contribution >= 0.6 is 0 Å². The van der Waals surface area contributed by atoms with Gasteiger partial charge in [0.1, 0.15) is 18.2 Å². The molecule has 30 heavy (non-hydrogen) atoms. The summed E-state index contributed by atoms with van der Waals surface area (Å²) >= 11 is 0. The number of ether oxygens (including phenoxy) is 1. The number of carbonyl (C=O) groups excluding carboxylic acids is 1. The molecule has 1 unspecified atom stereocenters. The molecule has 0 aliphatic rings. The quantitative estimate of drug-likeness (QED) is 0.529.